The average molecular weight is 293 g/mol. The van der Waals surface area contributed by atoms with E-state index in [1.54, 1.807) is 0 Å². The van der Waals surface area contributed by atoms with Gasteiger partial charge in [-0.3, -0.25) is 4.79 Å². The van der Waals surface area contributed by atoms with Gasteiger partial charge in [0.25, 0.3) is 0 Å². The van der Waals surface area contributed by atoms with Gasteiger partial charge in [-0.05, 0) is 38.0 Å². The third kappa shape index (κ3) is 4.08. The molecule has 0 fully saturated rings. The first-order valence-electron chi connectivity index (χ1n) is 7.66. The summed E-state index contributed by atoms with van der Waals surface area (Å²) in [5.41, 5.74) is 2.65. The molecule has 0 aliphatic heterocycles. The van der Waals surface area contributed by atoms with E-state index < -0.39 is 5.41 Å². The number of para-hydroxylation sites is 1. The summed E-state index contributed by atoms with van der Waals surface area (Å²) < 4.78 is 0. The molecule has 22 heavy (non-hydrogen) atoms. The van der Waals surface area contributed by atoms with Crippen molar-refractivity contribution >= 4 is 17.7 Å². The number of rotatable bonds is 5. The van der Waals surface area contributed by atoms with Crippen LogP contribution in [0.1, 0.15) is 31.4 Å². The van der Waals surface area contributed by atoms with Gasteiger partial charge in [0.15, 0.2) is 0 Å². The maximum atomic E-state index is 12.6. The van der Waals surface area contributed by atoms with Crippen LogP contribution in [0, 0.1) is 12.3 Å². The van der Waals surface area contributed by atoms with E-state index >= 15 is 0 Å². The van der Waals surface area contributed by atoms with Gasteiger partial charge in [0.05, 0.1) is 5.41 Å². The minimum Gasteiger partial charge on any atom is -0.325 e. The topological polar surface area (TPSA) is 29.1 Å². The zero-order valence-electron chi connectivity index (χ0n) is 13.5. The molecule has 0 saturated carbocycles. The zero-order valence-corrected chi connectivity index (χ0v) is 13.5. The van der Waals surface area contributed by atoms with Gasteiger partial charge in [-0.2, -0.15) is 0 Å². The van der Waals surface area contributed by atoms with Crippen LogP contribution in [0.15, 0.2) is 60.7 Å². The highest BCUT2D eigenvalue weighted by Gasteiger charge is 2.28. The fourth-order valence-electron chi connectivity index (χ4n) is 2.11. The first-order valence-corrected chi connectivity index (χ1v) is 7.66. The number of benzene rings is 2. The Kier molecular flexibility index (Phi) is 5.16. The van der Waals surface area contributed by atoms with Crippen LogP contribution in [0.25, 0.3) is 6.08 Å². The Morgan fingerprint density at radius 3 is 2.32 bits per heavy atom. The molecular formula is C20H23NO. The molecule has 0 aliphatic carbocycles. The molecule has 0 bridgehead atoms. The molecule has 2 nitrogen and oxygen atoms in total. The van der Waals surface area contributed by atoms with E-state index in [4.69, 9.17) is 0 Å². The minimum absolute atomic E-state index is 0.0181. The number of hydrogen-bond donors (Lipinski definition) is 1. The van der Waals surface area contributed by atoms with E-state index in [-0.39, 0.29) is 5.91 Å². The van der Waals surface area contributed by atoms with Crippen LogP contribution < -0.4 is 5.32 Å². The molecule has 2 aromatic rings. The second-order valence-corrected chi connectivity index (χ2v) is 5.84. The number of aryl methyl sites for hydroxylation is 1. The Hall–Kier alpha value is -2.35. The second kappa shape index (κ2) is 7.08. The molecule has 0 saturated heterocycles. The summed E-state index contributed by atoms with van der Waals surface area (Å²) in [5.74, 6) is 0.0181. The fraction of sp³-hybridized carbons (Fsp3) is 0.250. The summed E-state index contributed by atoms with van der Waals surface area (Å²) in [6, 6.07) is 17.9. The number of anilines is 1. The van der Waals surface area contributed by atoms with Gasteiger partial charge in [-0.1, -0.05) is 67.1 Å². The first-order chi connectivity index (χ1) is 10.5. The molecule has 1 atom stereocenters. The maximum Gasteiger partial charge on any atom is 0.234 e. The third-order valence-electron chi connectivity index (χ3n) is 4.01. The summed E-state index contributed by atoms with van der Waals surface area (Å²) >= 11 is 0. The normalized spacial score (nSPS) is 13.8. The number of hydrogen-bond acceptors (Lipinski definition) is 1. The molecule has 0 aliphatic rings. The van der Waals surface area contributed by atoms with Gasteiger partial charge in [0, 0.05) is 5.69 Å². The lowest BCUT2D eigenvalue weighted by Gasteiger charge is -2.23. The number of carbonyl (C=O) groups is 1. The van der Waals surface area contributed by atoms with E-state index in [9.17, 15) is 4.79 Å². The lowest BCUT2D eigenvalue weighted by molar-refractivity contribution is -0.122. The van der Waals surface area contributed by atoms with Gasteiger partial charge >= 0.3 is 0 Å². The second-order valence-electron chi connectivity index (χ2n) is 5.84. The molecule has 0 spiro atoms. The van der Waals surface area contributed by atoms with Crippen molar-refractivity contribution in [1.82, 2.24) is 0 Å². The van der Waals surface area contributed by atoms with Crippen LogP contribution >= 0.6 is 0 Å². The molecule has 0 heterocycles. The summed E-state index contributed by atoms with van der Waals surface area (Å²) in [6.07, 6.45) is 4.76. The summed E-state index contributed by atoms with van der Waals surface area (Å²) in [7, 11) is 0. The minimum atomic E-state index is -0.527. The van der Waals surface area contributed by atoms with Gasteiger partial charge in [0.2, 0.25) is 5.91 Å². The largest absolute Gasteiger partial charge is 0.325 e. The van der Waals surface area contributed by atoms with Gasteiger partial charge in [0.1, 0.15) is 0 Å². The van der Waals surface area contributed by atoms with Gasteiger partial charge in [-0.25, -0.2) is 0 Å². The van der Waals surface area contributed by atoms with Crippen LogP contribution in [-0.4, -0.2) is 5.91 Å². The van der Waals surface area contributed by atoms with Crippen molar-refractivity contribution in [3.8, 4) is 0 Å². The Balaban J connectivity index is 2.13. The molecule has 0 radical (unpaired) electrons. The predicted molar refractivity (Wildman–Crippen MR) is 93.7 cm³/mol. The lowest BCUT2D eigenvalue weighted by atomic mass is 9.85. The molecular weight excluding hydrogens is 270 g/mol. The lowest BCUT2D eigenvalue weighted by Crippen LogP contribution is -2.31. The van der Waals surface area contributed by atoms with Crippen LogP contribution in [0.4, 0.5) is 5.69 Å². The molecule has 1 N–H and O–H groups in total. The van der Waals surface area contributed by atoms with Crippen LogP contribution in [-0.2, 0) is 4.79 Å². The quantitative estimate of drug-likeness (QED) is 0.820. The molecule has 2 heteroatoms. The van der Waals surface area contributed by atoms with Crippen molar-refractivity contribution < 1.29 is 4.79 Å². The predicted octanol–water partition coefficient (Wildman–Crippen LogP) is 5.06. The summed E-state index contributed by atoms with van der Waals surface area (Å²) in [6.45, 7) is 6.07. The average Bonchev–Trinajstić information content (AvgIpc) is 2.55. The van der Waals surface area contributed by atoms with Crippen LogP contribution in [0.3, 0.4) is 0 Å². The van der Waals surface area contributed by atoms with E-state index in [1.807, 2.05) is 56.3 Å². The first kappa shape index (κ1) is 16.0. The third-order valence-corrected chi connectivity index (χ3v) is 4.01. The van der Waals surface area contributed by atoms with Crippen molar-refractivity contribution in [1.29, 1.82) is 0 Å². The Bertz CT molecular complexity index is 643. The Morgan fingerprint density at radius 2 is 1.73 bits per heavy atom. The fourth-order valence-corrected chi connectivity index (χ4v) is 2.11. The molecule has 1 unspecified atom stereocenters. The van der Waals surface area contributed by atoms with E-state index in [2.05, 4.69) is 36.5 Å². The van der Waals surface area contributed by atoms with Crippen LogP contribution in [0.5, 0.6) is 0 Å². The number of amides is 1. The number of nitrogens with one attached hydrogen (secondary N) is 1. The van der Waals surface area contributed by atoms with E-state index in [0.717, 1.165) is 17.7 Å². The SMILES string of the molecule is CCC(C)(/C=C/c1ccc(C)cc1)C(=O)Nc1ccccc1. The van der Waals surface area contributed by atoms with Gasteiger partial charge < -0.3 is 5.32 Å². The van der Waals surface area contributed by atoms with E-state index in [0.29, 0.717) is 0 Å². The molecule has 0 aromatic heterocycles. The highest BCUT2D eigenvalue weighted by Crippen LogP contribution is 2.26. The monoisotopic (exact) mass is 293 g/mol. The van der Waals surface area contributed by atoms with Crippen molar-refractivity contribution in [3.63, 3.8) is 0 Å². The maximum absolute atomic E-state index is 12.6. The highest BCUT2D eigenvalue weighted by molar-refractivity contribution is 5.96. The Labute approximate surface area is 132 Å². The molecule has 114 valence electrons. The van der Waals surface area contributed by atoms with E-state index in [1.165, 1.54) is 5.56 Å². The van der Waals surface area contributed by atoms with Crippen molar-refractivity contribution in [2.75, 3.05) is 5.32 Å². The van der Waals surface area contributed by atoms with Crippen molar-refractivity contribution in [2.24, 2.45) is 5.41 Å². The Morgan fingerprint density at radius 1 is 1.09 bits per heavy atom. The summed E-state index contributed by atoms with van der Waals surface area (Å²) in [5, 5.41) is 2.99. The van der Waals surface area contributed by atoms with Crippen LogP contribution in [0.2, 0.25) is 0 Å². The van der Waals surface area contributed by atoms with Crippen molar-refractivity contribution in [2.45, 2.75) is 27.2 Å². The molecule has 2 aromatic carbocycles. The van der Waals surface area contributed by atoms with Gasteiger partial charge in [-0.15, -0.1) is 0 Å². The number of carbonyl (C=O) groups excluding carboxylic acids is 1. The molecule has 2 rings (SSSR count). The molecule has 1 amide bonds. The summed E-state index contributed by atoms with van der Waals surface area (Å²) in [4.78, 5) is 12.6. The smallest absolute Gasteiger partial charge is 0.234 e. The zero-order chi connectivity index (χ0) is 16.0. The highest BCUT2D eigenvalue weighted by atomic mass is 16.2. The standard InChI is InChI=1S/C20H23NO/c1-4-20(3,15-14-17-12-10-16(2)11-13-17)19(22)21-18-8-6-5-7-9-18/h5-15H,4H2,1-3H3,(H,21,22)/b15-14+. The van der Waals surface area contributed by atoms with Crippen molar-refractivity contribution in [3.05, 3.63) is 71.8 Å².